The number of aromatic nitrogens is 1. The predicted molar refractivity (Wildman–Crippen MR) is 255 cm³/mol. The number of carbonyl (C=O) groups is 5. The molecule has 0 spiro atoms. The normalized spacial score (nSPS) is 22.3. The average Bonchev–Trinajstić information content (AvgIpc) is 4.01. The van der Waals surface area contributed by atoms with Gasteiger partial charge >= 0.3 is 0 Å². The van der Waals surface area contributed by atoms with Crippen LogP contribution in [0, 0.1) is 17.8 Å². The summed E-state index contributed by atoms with van der Waals surface area (Å²) in [6.45, 7) is 3.69. The van der Waals surface area contributed by atoms with Gasteiger partial charge in [0, 0.05) is 32.1 Å². The summed E-state index contributed by atoms with van der Waals surface area (Å²) in [6.07, 6.45) is 31.0. The van der Waals surface area contributed by atoms with Gasteiger partial charge in [-0.2, -0.15) is 0 Å². The summed E-state index contributed by atoms with van der Waals surface area (Å²) >= 11 is 1.49. The summed E-state index contributed by atoms with van der Waals surface area (Å²) in [4.78, 5) is 77.2. The Morgan fingerprint density at radius 1 is 0.862 bits per heavy atom. The van der Waals surface area contributed by atoms with Gasteiger partial charge in [0.2, 0.25) is 29.5 Å². The molecule has 0 aromatic carbocycles. The minimum Gasteiger partial charge on any atom is -0.371 e. The summed E-state index contributed by atoms with van der Waals surface area (Å²) < 4.78 is 4.98. The number of likely N-dealkylation sites (N-methyl/N-ethyl adjacent to an activating group) is 1. The zero-order chi connectivity index (χ0) is 46.0. The number of allylic oxidation sites excluding steroid dienone is 8. The first-order chi connectivity index (χ1) is 31.7. The van der Waals surface area contributed by atoms with Crippen molar-refractivity contribution in [2.75, 3.05) is 51.9 Å². The number of carbonyl (C=O) groups excluding carboxylic acids is 5. The van der Waals surface area contributed by atoms with Gasteiger partial charge in [-0.1, -0.05) is 92.0 Å². The maximum absolute atomic E-state index is 14.6. The van der Waals surface area contributed by atoms with Gasteiger partial charge in [-0.3, -0.25) is 24.0 Å². The molecule has 1 aromatic rings. The van der Waals surface area contributed by atoms with Crippen LogP contribution >= 0.6 is 11.3 Å². The molecule has 5 amide bonds. The fraction of sp³-hybridized carbons (Fsp3) is 0.633. The fourth-order valence-corrected chi connectivity index (χ4v) is 10.7. The number of thiazole rings is 1. The lowest BCUT2D eigenvalue weighted by Crippen LogP contribution is -2.60. The fourth-order valence-electron chi connectivity index (χ4n) is 9.74. The highest BCUT2D eigenvalue weighted by Gasteiger charge is 2.44. The molecule has 1 aliphatic heterocycles. The van der Waals surface area contributed by atoms with Crippen LogP contribution in [0.4, 0.5) is 5.13 Å². The number of unbranched alkanes of at least 4 members (excludes halogenated alkanes) is 3. The Morgan fingerprint density at radius 2 is 1.66 bits per heavy atom. The number of amides is 5. The molecule has 0 bridgehead atoms. The van der Waals surface area contributed by atoms with Crippen molar-refractivity contribution in [1.82, 2.24) is 36.5 Å². The summed E-state index contributed by atoms with van der Waals surface area (Å²) in [5, 5.41) is 28.3. The van der Waals surface area contributed by atoms with E-state index in [1.165, 1.54) is 11.3 Å². The second kappa shape index (κ2) is 25.9. The molecule has 7 N–H and O–H groups in total. The van der Waals surface area contributed by atoms with Crippen LogP contribution in [0.1, 0.15) is 120 Å². The number of fused-ring (bicyclic) bond motifs is 1. The molecule has 65 heavy (non-hydrogen) atoms. The van der Waals surface area contributed by atoms with Gasteiger partial charge in [0.1, 0.15) is 24.9 Å². The Hall–Kier alpha value is -4.64. The molecule has 16 heteroatoms. The van der Waals surface area contributed by atoms with Gasteiger partial charge in [0.25, 0.3) is 0 Å². The molecule has 356 valence electrons. The minimum atomic E-state index is -0.879. The molecule has 15 nitrogen and oxygen atoms in total. The number of likely N-dealkylation sites (tertiary alicyclic amines) is 1. The number of hydrogen-bond donors (Lipinski definition) is 7. The third-order valence-electron chi connectivity index (χ3n) is 13.5. The van der Waals surface area contributed by atoms with Crippen molar-refractivity contribution in [2.45, 2.75) is 133 Å². The molecule has 2 heterocycles. The van der Waals surface area contributed by atoms with Crippen LogP contribution in [0.3, 0.4) is 0 Å². The highest BCUT2D eigenvalue weighted by molar-refractivity contribution is 7.16. The SMILES string of the molecule is CN[C@@H](C)C(=O)N[C@H](C(=O)N1CCC[C@H]1C(=O)NC(C(=O)NCCCCCCNC(=O)C1CC=Cc2sc(NCCOCO)nc21)C(C1=CCCC=C1)C1C=CC=CC1)C1CCCCC1. The average molecular weight is 917 g/mol. The van der Waals surface area contributed by atoms with E-state index >= 15 is 0 Å². The van der Waals surface area contributed by atoms with Crippen molar-refractivity contribution in [2.24, 2.45) is 17.8 Å². The maximum Gasteiger partial charge on any atom is 0.246 e. The van der Waals surface area contributed by atoms with E-state index in [4.69, 9.17) is 9.84 Å². The van der Waals surface area contributed by atoms with Crippen LogP contribution in [0.15, 0.2) is 54.2 Å². The molecule has 4 unspecified atom stereocenters. The minimum absolute atomic E-state index is 0.000639. The lowest BCUT2D eigenvalue weighted by Gasteiger charge is -2.37. The van der Waals surface area contributed by atoms with Crippen molar-refractivity contribution >= 4 is 52.1 Å². The first kappa shape index (κ1) is 49.8. The van der Waals surface area contributed by atoms with E-state index in [0.717, 1.165) is 98.3 Å². The number of anilines is 1. The van der Waals surface area contributed by atoms with E-state index in [1.807, 2.05) is 24.3 Å². The number of aliphatic hydroxyl groups is 1. The third-order valence-corrected chi connectivity index (χ3v) is 14.5. The number of nitrogens with zero attached hydrogens (tertiary/aromatic N) is 2. The van der Waals surface area contributed by atoms with Crippen molar-refractivity contribution in [3.63, 3.8) is 0 Å². The molecule has 4 aliphatic carbocycles. The van der Waals surface area contributed by atoms with Gasteiger partial charge in [-0.05, 0) is 102 Å². The lowest BCUT2D eigenvalue weighted by molar-refractivity contribution is -0.144. The Balaban J connectivity index is 1.05. The molecular weight excluding hydrogens is 845 g/mol. The number of nitrogens with one attached hydrogen (secondary N) is 6. The number of hydrogen-bond acceptors (Lipinski definition) is 11. The summed E-state index contributed by atoms with van der Waals surface area (Å²) in [5.41, 5.74) is 1.80. The van der Waals surface area contributed by atoms with Gasteiger partial charge < -0.3 is 46.6 Å². The van der Waals surface area contributed by atoms with Crippen LogP contribution in [0.2, 0.25) is 0 Å². The van der Waals surface area contributed by atoms with E-state index < -0.39 is 24.2 Å². The largest absolute Gasteiger partial charge is 0.371 e. The van der Waals surface area contributed by atoms with E-state index in [1.54, 1.807) is 18.9 Å². The second-order valence-electron chi connectivity index (χ2n) is 17.9. The van der Waals surface area contributed by atoms with E-state index in [2.05, 4.69) is 67.3 Å². The smallest absolute Gasteiger partial charge is 0.246 e. The third kappa shape index (κ3) is 13.9. The van der Waals surface area contributed by atoms with Crippen LogP contribution in [-0.2, 0) is 28.7 Å². The summed E-state index contributed by atoms with van der Waals surface area (Å²) in [7, 11) is 1.72. The monoisotopic (exact) mass is 917 g/mol. The molecule has 2 fully saturated rings. The number of ether oxygens (including phenoxy) is 1. The van der Waals surface area contributed by atoms with Gasteiger partial charge in [-0.25, -0.2) is 4.98 Å². The molecule has 1 saturated carbocycles. The van der Waals surface area contributed by atoms with Crippen molar-refractivity contribution < 1.29 is 33.8 Å². The molecule has 6 rings (SSSR count). The Bertz CT molecular complexity index is 1920. The summed E-state index contributed by atoms with van der Waals surface area (Å²) in [6, 6.07) is -2.81. The van der Waals surface area contributed by atoms with Crippen LogP contribution in [0.5, 0.6) is 0 Å². The van der Waals surface area contributed by atoms with Gasteiger partial charge in [0.05, 0.1) is 29.1 Å². The van der Waals surface area contributed by atoms with Crippen LogP contribution in [0.25, 0.3) is 6.08 Å². The molecular formula is C49H72N8O7S. The topological polar surface area (TPSA) is 203 Å². The zero-order valence-corrected chi connectivity index (χ0v) is 39.2. The standard InChI is InChI=1S/C49H72N8O7S/c1-33(50-2)44(59)54-41(36-22-12-7-13-23-36)48(63)57-30-17-25-38(57)46(61)55-43(40(34-18-8-5-9-19-34)35-20-10-6-11-21-35)47(62)52-28-15-4-3-14-27-51-45(60)37-24-16-26-39-42(37)56-49(65-39)53-29-31-64-32-58/h5,8-10,16,18,20-21,26,33-34,36-38,40-41,43,50,58H,3-4,6-7,11-15,17,19,22-25,27-32H2,1-2H3,(H,51,60)(H,52,62)(H,53,56)(H,54,59)(H,55,61)/t33-,34?,37?,38-,40?,41-,43?/m0/s1. The van der Waals surface area contributed by atoms with Crippen molar-refractivity contribution in [3.8, 4) is 0 Å². The van der Waals surface area contributed by atoms with Gasteiger partial charge in [0.15, 0.2) is 5.13 Å². The van der Waals surface area contributed by atoms with Gasteiger partial charge in [-0.15, -0.1) is 0 Å². The Labute approximate surface area is 388 Å². The number of aliphatic hydroxyl groups excluding tert-OH is 1. The van der Waals surface area contributed by atoms with E-state index in [9.17, 15) is 24.0 Å². The molecule has 1 aromatic heterocycles. The molecule has 1 saturated heterocycles. The predicted octanol–water partition coefficient (Wildman–Crippen LogP) is 4.99. The quantitative estimate of drug-likeness (QED) is 0.0548. The first-order valence-corrected chi connectivity index (χ1v) is 24.9. The van der Waals surface area contributed by atoms with Crippen LogP contribution < -0.4 is 31.9 Å². The molecule has 7 atom stereocenters. The Kier molecular flexibility index (Phi) is 19.8. The highest BCUT2D eigenvalue weighted by atomic mass is 32.1. The van der Waals surface area contributed by atoms with E-state index in [-0.39, 0.29) is 60.0 Å². The Morgan fingerprint density at radius 3 is 2.38 bits per heavy atom. The maximum atomic E-state index is 14.6. The van der Waals surface area contributed by atoms with Crippen LogP contribution in [-0.4, -0.2) is 115 Å². The zero-order valence-electron chi connectivity index (χ0n) is 38.4. The summed E-state index contributed by atoms with van der Waals surface area (Å²) in [5.74, 6) is -1.78. The van der Waals surface area contributed by atoms with Crippen molar-refractivity contribution in [1.29, 1.82) is 0 Å². The molecule has 0 radical (unpaired) electrons. The number of rotatable bonds is 24. The highest BCUT2D eigenvalue weighted by Crippen LogP contribution is 2.37. The lowest BCUT2D eigenvalue weighted by atomic mass is 9.75. The molecule has 5 aliphatic rings. The van der Waals surface area contributed by atoms with Crippen molar-refractivity contribution in [3.05, 3.63) is 64.8 Å². The first-order valence-electron chi connectivity index (χ1n) is 24.1. The second-order valence-corrected chi connectivity index (χ2v) is 18.9. The van der Waals surface area contributed by atoms with E-state index in [0.29, 0.717) is 52.0 Å².